The van der Waals surface area contributed by atoms with Gasteiger partial charge in [0.05, 0.1) is 27.4 Å². The normalized spacial score (nSPS) is 12.4. The Balaban J connectivity index is 1.93. The Morgan fingerprint density at radius 1 is 0.645 bits per heavy atom. The first-order valence-corrected chi connectivity index (χ1v) is 10.6. The Kier molecular flexibility index (Phi) is 6.61. The van der Waals surface area contributed by atoms with Gasteiger partial charge in [0.1, 0.15) is 0 Å². The van der Waals surface area contributed by atoms with Crippen molar-refractivity contribution in [1.82, 2.24) is 0 Å². The number of aliphatic imine (C=N–C) groups is 1. The summed E-state index contributed by atoms with van der Waals surface area (Å²) in [4.78, 5) is 18.7. The minimum Gasteiger partial charge on any atom is -0.293 e. The van der Waals surface area contributed by atoms with Crippen molar-refractivity contribution in [1.29, 1.82) is 0 Å². The molecule has 0 fully saturated rings. The first-order chi connectivity index (χ1) is 15.1. The van der Waals surface area contributed by atoms with Gasteiger partial charge in [0.15, 0.2) is 5.78 Å². The van der Waals surface area contributed by atoms with E-state index in [4.69, 9.17) is 28.2 Å². The first-order valence-electron chi connectivity index (χ1n) is 9.87. The van der Waals surface area contributed by atoms with Crippen molar-refractivity contribution in [2.75, 3.05) is 0 Å². The van der Waals surface area contributed by atoms with E-state index in [1.807, 2.05) is 91.0 Å². The molecular formula is C27H19Cl2NO. The molecule has 4 heteroatoms. The van der Waals surface area contributed by atoms with E-state index in [9.17, 15) is 4.79 Å². The van der Waals surface area contributed by atoms with Gasteiger partial charge in [0.2, 0.25) is 0 Å². The second kappa shape index (κ2) is 9.74. The van der Waals surface area contributed by atoms with Crippen molar-refractivity contribution in [2.45, 2.75) is 5.92 Å². The maximum atomic E-state index is 13.7. The smallest absolute Gasteiger partial charge is 0.176 e. The van der Waals surface area contributed by atoms with Gasteiger partial charge in [-0.25, -0.2) is 0 Å². The van der Waals surface area contributed by atoms with Crippen LogP contribution in [0, 0.1) is 0 Å². The SMILES string of the molecule is O=C(c1ccccc1)C(C(=Nc1ccc(Cl)c(Cl)c1)c1ccccc1)c1ccccc1. The van der Waals surface area contributed by atoms with Crippen molar-refractivity contribution in [3.63, 3.8) is 0 Å². The number of nitrogens with zero attached hydrogens (tertiary/aromatic N) is 1. The number of carbonyl (C=O) groups is 1. The maximum Gasteiger partial charge on any atom is 0.176 e. The van der Waals surface area contributed by atoms with Crippen LogP contribution in [0.4, 0.5) is 5.69 Å². The summed E-state index contributed by atoms with van der Waals surface area (Å²) in [6, 6.07) is 34.0. The van der Waals surface area contributed by atoms with E-state index in [0.717, 1.165) is 11.1 Å². The van der Waals surface area contributed by atoms with E-state index in [1.54, 1.807) is 18.2 Å². The predicted octanol–water partition coefficient (Wildman–Crippen LogP) is 7.78. The topological polar surface area (TPSA) is 29.4 Å². The van der Waals surface area contributed by atoms with Crippen LogP contribution in [-0.4, -0.2) is 11.5 Å². The Morgan fingerprint density at radius 2 is 1.19 bits per heavy atom. The third-order valence-electron chi connectivity index (χ3n) is 4.95. The molecule has 0 radical (unpaired) electrons. The molecule has 0 bridgehead atoms. The Hall–Kier alpha value is -3.20. The lowest BCUT2D eigenvalue weighted by Gasteiger charge is -2.20. The molecule has 0 amide bonds. The highest BCUT2D eigenvalue weighted by Gasteiger charge is 2.28. The highest BCUT2D eigenvalue weighted by molar-refractivity contribution is 6.42. The lowest BCUT2D eigenvalue weighted by Crippen LogP contribution is -2.23. The van der Waals surface area contributed by atoms with Crippen molar-refractivity contribution in [2.24, 2.45) is 4.99 Å². The molecule has 0 saturated heterocycles. The molecule has 4 rings (SSSR count). The van der Waals surface area contributed by atoms with E-state index in [-0.39, 0.29) is 5.78 Å². The van der Waals surface area contributed by atoms with Gasteiger partial charge in [-0.1, -0.05) is 114 Å². The predicted molar refractivity (Wildman–Crippen MR) is 129 cm³/mol. The van der Waals surface area contributed by atoms with E-state index >= 15 is 0 Å². The zero-order valence-corrected chi connectivity index (χ0v) is 18.1. The van der Waals surface area contributed by atoms with Gasteiger partial charge >= 0.3 is 0 Å². The second-order valence-corrected chi connectivity index (χ2v) is 7.85. The molecule has 4 aromatic carbocycles. The molecule has 0 heterocycles. The van der Waals surface area contributed by atoms with Crippen LogP contribution in [0.15, 0.2) is 114 Å². The zero-order valence-electron chi connectivity index (χ0n) is 16.6. The maximum absolute atomic E-state index is 13.7. The third-order valence-corrected chi connectivity index (χ3v) is 5.69. The number of carbonyl (C=O) groups excluding carboxylic acids is 1. The largest absolute Gasteiger partial charge is 0.293 e. The number of benzene rings is 4. The third kappa shape index (κ3) is 4.93. The fourth-order valence-electron chi connectivity index (χ4n) is 3.45. The van der Waals surface area contributed by atoms with Crippen molar-refractivity contribution < 1.29 is 4.79 Å². The summed E-state index contributed by atoms with van der Waals surface area (Å²) in [5.74, 6) is -0.602. The standard InChI is InChI=1S/C27H19Cl2NO/c28-23-17-16-22(18-24(23)29)30-26(20-12-6-2-7-13-20)25(19-10-4-1-5-11-19)27(31)21-14-8-3-9-15-21/h1-18,25H. The molecule has 0 spiro atoms. The molecule has 0 N–H and O–H groups in total. The van der Waals surface area contributed by atoms with Gasteiger partial charge in [0.25, 0.3) is 0 Å². The van der Waals surface area contributed by atoms with Crippen LogP contribution < -0.4 is 0 Å². The number of hydrogen-bond donors (Lipinski definition) is 0. The Bertz CT molecular complexity index is 1210. The van der Waals surface area contributed by atoms with Gasteiger partial charge < -0.3 is 0 Å². The molecule has 0 aliphatic heterocycles. The van der Waals surface area contributed by atoms with Crippen LogP contribution in [-0.2, 0) is 0 Å². The fraction of sp³-hybridized carbons (Fsp3) is 0.0370. The second-order valence-electron chi connectivity index (χ2n) is 7.04. The summed E-state index contributed by atoms with van der Waals surface area (Å²) in [6.07, 6.45) is 0. The number of rotatable bonds is 6. The molecule has 152 valence electrons. The van der Waals surface area contributed by atoms with Gasteiger partial charge in [0, 0.05) is 5.56 Å². The minimum absolute atomic E-state index is 0.0190. The molecule has 0 aliphatic rings. The van der Waals surface area contributed by atoms with Crippen molar-refractivity contribution in [3.05, 3.63) is 136 Å². The summed E-state index contributed by atoms with van der Waals surface area (Å²) in [5.41, 5.74) is 3.66. The monoisotopic (exact) mass is 443 g/mol. The molecule has 0 aromatic heterocycles. The lowest BCUT2D eigenvalue weighted by atomic mass is 9.83. The molecule has 0 aliphatic carbocycles. The van der Waals surface area contributed by atoms with E-state index in [0.29, 0.717) is 27.0 Å². The van der Waals surface area contributed by atoms with Gasteiger partial charge in [-0.05, 0) is 29.3 Å². The summed E-state index contributed by atoms with van der Waals surface area (Å²) in [7, 11) is 0. The molecule has 0 saturated carbocycles. The van der Waals surface area contributed by atoms with E-state index < -0.39 is 5.92 Å². The van der Waals surface area contributed by atoms with E-state index in [1.165, 1.54) is 0 Å². The van der Waals surface area contributed by atoms with Crippen LogP contribution in [0.5, 0.6) is 0 Å². The summed E-state index contributed by atoms with van der Waals surface area (Å²) >= 11 is 12.3. The molecular weight excluding hydrogens is 425 g/mol. The number of Topliss-reactive ketones (excluding diaryl/α,β-unsaturated/α-hetero) is 1. The molecule has 4 aromatic rings. The van der Waals surface area contributed by atoms with Crippen molar-refractivity contribution in [3.8, 4) is 0 Å². The lowest BCUT2D eigenvalue weighted by molar-refractivity contribution is 0.0983. The highest BCUT2D eigenvalue weighted by Crippen LogP contribution is 2.31. The average molecular weight is 444 g/mol. The van der Waals surface area contributed by atoms with Gasteiger partial charge in [-0.15, -0.1) is 0 Å². The Labute approximate surface area is 191 Å². The average Bonchev–Trinajstić information content (AvgIpc) is 2.82. The summed E-state index contributed by atoms with van der Waals surface area (Å²) in [5, 5.41) is 0.878. The van der Waals surface area contributed by atoms with Gasteiger partial charge in [-0.3, -0.25) is 9.79 Å². The molecule has 1 unspecified atom stereocenters. The number of ketones is 1. The summed E-state index contributed by atoms with van der Waals surface area (Å²) < 4.78 is 0. The van der Waals surface area contributed by atoms with Crippen LogP contribution in [0.2, 0.25) is 10.0 Å². The van der Waals surface area contributed by atoms with Crippen LogP contribution >= 0.6 is 23.2 Å². The quantitative estimate of drug-likeness (QED) is 0.221. The Morgan fingerprint density at radius 3 is 1.77 bits per heavy atom. The van der Waals surface area contributed by atoms with Gasteiger partial charge in [-0.2, -0.15) is 0 Å². The summed E-state index contributed by atoms with van der Waals surface area (Å²) in [6.45, 7) is 0. The van der Waals surface area contributed by atoms with Crippen LogP contribution in [0.3, 0.4) is 0 Å². The highest BCUT2D eigenvalue weighted by atomic mass is 35.5. The number of hydrogen-bond acceptors (Lipinski definition) is 2. The molecule has 2 nitrogen and oxygen atoms in total. The fourth-order valence-corrected chi connectivity index (χ4v) is 3.74. The zero-order chi connectivity index (χ0) is 21.6. The van der Waals surface area contributed by atoms with Crippen LogP contribution in [0.1, 0.15) is 27.4 Å². The van der Waals surface area contributed by atoms with Crippen molar-refractivity contribution >= 4 is 40.4 Å². The number of halogens is 2. The molecule has 31 heavy (non-hydrogen) atoms. The first kappa shape index (κ1) is 21.0. The van der Waals surface area contributed by atoms with Crippen LogP contribution in [0.25, 0.3) is 0 Å². The molecule has 1 atom stereocenters. The minimum atomic E-state index is -0.583. The van der Waals surface area contributed by atoms with E-state index in [2.05, 4.69) is 0 Å².